The Balaban J connectivity index is 1.23. The van der Waals surface area contributed by atoms with Gasteiger partial charge < -0.3 is 21.1 Å². The number of rotatable bonds is 5. The average molecular weight is 385 g/mol. The largest absolute Gasteiger partial charge is 0.367 e. The minimum atomic E-state index is -0.646. The summed E-state index contributed by atoms with van der Waals surface area (Å²) in [7, 11) is 0. The van der Waals surface area contributed by atoms with Crippen molar-refractivity contribution in [1.82, 2.24) is 10.6 Å². The summed E-state index contributed by atoms with van der Waals surface area (Å²) >= 11 is 0. The second-order valence-electron chi connectivity index (χ2n) is 8.30. The number of carbonyl (C=O) groups excluding carboxylic acids is 3. The molecule has 2 unspecified atom stereocenters. The third-order valence-electron chi connectivity index (χ3n) is 6.36. The highest BCUT2D eigenvalue weighted by Gasteiger charge is 2.43. The van der Waals surface area contributed by atoms with Crippen LogP contribution in [0.25, 0.3) is 0 Å². The fraction of sp³-hybridized carbons (Fsp3) is 0.571. The number of primary amides is 1. The first kappa shape index (κ1) is 18.9. The number of hydrogen-bond acceptors (Lipinski definition) is 4. The summed E-state index contributed by atoms with van der Waals surface area (Å²) in [6, 6.07) is 9.62. The molecule has 1 saturated heterocycles. The van der Waals surface area contributed by atoms with Crippen LogP contribution < -0.4 is 16.4 Å². The maximum atomic E-state index is 12.4. The monoisotopic (exact) mass is 385 g/mol. The van der Waals surface area contributed by atoms with Crippen LogP contribution in [0.3, 0.4) is 0 Å². The van der Waals surface area contributed by atoms with Crippen LogP contribution in [-0.4, -0.2) is 42.0 Å². The summed E-state index contributed by atoms with van der Waals surface area (Å²) < 4.78 is 5.46. The molecule has 3 aliphatic rings. The SMILES string of the molecule is NC(=O)[C@@H]1CC[C@H](C(=O)NC2C[C@H]3CC(NC(=O)c4ccccc4)C[C@H]3C2)O1. The van der Waals surface area contributed by atoms with E-state index in [1.54, 1.807) is 0 Å². The van der Waals surface area contributed by atoms with Crippen molar-refractivity contribution in [3.05, 3.63) is 35.9 Å². The molecule has 3 amide bonds. The normalized spacial score (nSPS) is 34.0. The molecule has 7 heteroatoms. The lowest BCUT2D eigenvalue weighted by atomic mass is 10.0. The minimum Gasteiger partial charge on any atom is -0.367 e. The molecule has 2 aliphatic carbocycles. The van der Waals surface area contributed by atoms with Crippen LogP contribution in [-0.2, 0) is 14.3 Å². The van der Waals surface area contributed by atoms with E-state index in [1.165, 1.54) is 0 Å². The molecule has 1 aromatic rings. The number of benzene rings is 1. The number of nitrogens with two attached hydrogens (primary N) is 1. The van der Waals surface area contributed by atoms with Crippen molar-refractivity contribution in [3.63, 3.8) is 0 Å². The van der Waals surface area contributed by atoms with Gasteiger partial charge in [0.15, 0.2) is 0 Å². The van der Waals surface area contributed by atoms with Crippen molar-refractivity contribution in [2.75, 3.05) is 0 Å². The summed E-state index contributed by atoms with van der Waals surface area (Å²) in [5.74, 6) is 0.387. The Kier molecular flexibility index (Phi) is 5.35. The summed E-state index contributed by atoms with van der Waals surface area (Å²) in [5, 5.41) is 6.24. The number of ether oxygens (including phenoxy) is 1. The van der Waals surface area contributed by atoms with Gasteiger partial charge >= 0.3 is 0 Å². The molecular formula is C21H27N3O4. The molecule has 4 rings (SSSR count). The van der Waals surface area contributed by atoms with Gasteiger partial charge in [-0.05, 0) is 62.5 Å². The van der Waals surface area contributed by atoms with E-state index in [-0.39, 0.29) is 23.9 Å². The lowest BCUT2D eigenvalue weighted by Crippen LogP contribution is -2.42. The number of amides is 3. The molecule has 0 spiro atoms. The van der Waals surface area contributed by atoms with Gasteiger partial charge in [0.25, 0.3) is 5.91 Å². The molecule has 4 N–H and O–H groups in total. The molecule has 0 bridgehead atoms. The second-order valence-corrected chi connectivity index (χ2v) is 8.30. The quantitative estimate of drug-likeness (QED) is 0.705. The smallest absolute Gasteiger partial charge is 0.251 e. The minimum absolute atomic E-state index is 0.0159. The van der Waals surface area contributed by atoms with E-state index >= 15 is 0 Å². The van der Waals surface area contributed by atoms with Crippen LogP contribution in [0, 0.1) is 11.8 Å². The highest BCUT2D eigenvalue weighted by Crippen LogP contribution is 2.44. The third kappa shape index (κ3) is 4.04. The zero-order valence-electron chi connectivity index (χ0n) is 15.8. The maximum absolute atomic E-state index is 12.4. The van der Waals surface area contributed by atoms with Crippen molar-refractivity contribution in [3.8, 4) is 0 Å². The molecule has 150 valence electrons. The first-order chi connectivity index (χ1) is 13.5. The van der Waals surface area contributed by atoms with Crippen molar-refractivity contribution in [2.45, 2.75) is 62.8 Å². The number of nitrogens with one attached hydrogen (secondary N) is 2. The fourth-order valence-electron chi connectivity index (χ4n) is 5.04. The molecule has 1 aliphatic heterocycles. The van der Waals surface area contributed by atoms with Gasteiger partial charge in [0, 0.05) is 17.6 Å². The highest BCUT2D eigenvalue weighted by molar-refractivity contribution is 5.94. The second kappa shape index (κ2) is 7.91. The Morgan fingerprint density at radius 3 is 2.00 bits per heavy atom. The van der Waals surface area contributed by atoms with Gasteiger partial charge in [-0.2, -0.15) is 0 Å². The lowest BCUT2D eigenvalue weighted by molar-refractivity contribution is -0.138. The Morgan fingerprint density at radius 2 is 1.43 bits per heavy atom. The van der Waals surface area contributed by atoms with E-state index in [1.807, 2.05) is 30.3 Å². The van der Waals surface area contributed by atoms with Gasteiger partial charge in [-0.25, -0.2) is 0 Å². The molecule has 2 saturated carbocycles. The first-order valence-corrected chi connectivity index (χ1v) is 10.1. The van der Waals surface area contributed by atoms with E-state index < -0.39 is 18.1 Å². The zero-order chi connectivity index (χ0) is 19.7. The van der Waals surface area contributed by atoms with Gasteiger partial charge in [-0.3, -0.25) is 14.4 Å². The van der Waals surface area contributed by atoms with Crippen molar-refractivity contribution < 1.29 is 19.1 Å². The van der Waals surface area contributed by atoms with E-state index in [4.69, 9.17) is 10.5 Å². The van der Waals surface area contributed by atoms with Crippen LogP contribution in [0.4, 0.5) is 0 Å². The first-order valence-electron chi connectivity index (χ1n) is 10.1. The summed E-state index contributed by atoms with van der Waals surface area (Å²) in [4.78, 5) is 35.9. The summed E-state index contributed by atoms with van der Waals surface area (Å²) in [6.45, 7) is 0. The highest BCUT2D eigenvalue weighted by atomic mass is 16.5. The van der Waals surface area contributed by atoms with E-state index in [9.17, 15) is 14.4 Å². The van der Waals surface area contributed by atoms with E-state index in [0.29, 0.717) is 30.2 Å². The number of carbonyl (C=O) groups is 3. The molecule has 1 aromatic carbocycles. The fourth-order valence-corrected chi connectivity index (χ4v) is 5.04. The van der Waals surface area contributed by atoms with E-state index in [0.717, 1.165) is 25.7 Å². The molecule has 7 nitrogen and oxygen atoms in total. The van der Waals surface area contributed by atoms with Crippen molar-refractivity contribution in [1.29, 1.82) is 0 Å². The lowest BCUT2D eigenvalue weighted by Gasteiger charge is -2.19. The Hall–Kier alpha value is -2.41. The van der Waals surface area contributed by atoms with Gasteiger partial charge in [-0.1, -0.05) is 18.2 Å². The zero-order valence-corrected chi connectivity index (χ0v) is 15.8. The van der Waals surface area contributed by atoms with Gasteiger partial charge in [0.05, 0.1) is 0 Å². The van der Waals surface area contributed by atoms with Gasteiger partial charge in [-0.15, -0.1) is 0 Å². The number of hydrogen-bond donors (Lipinski definition) is 3. The van der Waals surface area contributed by atoms with Gasteiger partial charge in [0.1, 0.15) is 12.2 Å². The summed E-state index contributed by atoms with van der Waals surface area (Å²) in [6.07, 6.45) is 3.60. The third-order valence-corrected chi connectivity index (χ3v) is 6.36. The van der Waals surface area contributed by atoms with Crippen LogP contribution in [0.5, 0.6) is 0 Å². The van der Waals surface area contributed by atoms with E-state index in [2.05, 4.69) is 10.6 Å². The molecule has 3 fully saturated rings. The van der Waals surface area contributed by atoms with Gasteiger partial charge in [0.2, 0.25) is 11.8 Å². The topological polar surface area (TPSA) is 111 Å². The van der Waals surface area contributed by atoms with Crippen LogP contribution in [0.2, 0.25) is 0 Å². The average Bonchev–Trinajstić information content (AvgIpc) is 3.37. The van der Waals surface area contributed by atoms with Crippen molar-refractivity contribution in [2.24, 2.45) is 17.6 Å². The predicted octanol–water partition coefficient (Wildman–Crippen LogP) is 1.12. The Morgan fingerprint density at radius 1 is 0.857 bits per heavy atom. The predicted molar refractivity (Wildman–Crippen MR) is 102 cm³/mol. The Bertz CT molecular complexity index is 739. The van der Waals surface area contributed by atoms with Crippen LogP contribution in [0.15, 0.2) is 30.3 Å². The van der Waals surface area contributed by atoms with Crippen molar-refractivity contribution >= 4 is 17.7 Å². The Labute approximate surface area is 164 Å². The molecule has 1 heterocycles. The maximum Gasteiger partial charge on any atom is 0.251 e. The molecule has 0 aromatic heterocycles. The molecular weight excluding hydrogens is 358 g/mol. The molecule has 28 heavy (non-hydrogen) atoms. The van der Waals surface area contributed by atoms with Crippen LogP contribution >= 0.6 is 0 Å². The summed E-state index contributed by atoms with van der Waals surface area (Å²) in [5.41, 5.74) is 5.93. The van der Waals surface area contributed by atoms with Crippen LogP contribution in [0.1, 0.15) is 48.9 Å². The standard InChI is InChI=1S/C21H27N3O4/c22-19(25)17-6-7-18(28-17)21(27)24-16-10-13-8-15(9-14(13)11-16)23-20(26)12-4-2-1-3-5-12/h1-5,13-18H,6-11H2,(H2,22,25)(H,23,26)(H,24,27)/t13-,14+,15?,16?,17-,18+/m0/s1. The molecule has 6 atom stereocenters. The molecule has 0 radical (unpaired) electrons. The number of fused-ring (bicyclic) bond motifs is 1.